The lowest BCUT2D eigenvalue weighted by atomic mass is 10.3. The van der Waals surface area contributed by atoms with Crippen molar-refractivity contribution < 1.29 is 14.2 Å². The van der Waals surface area contributed by atoms with Gasteiger partial charge in [0.15, 0.2) is 10.9 Å². The Hall–Kier alpha value is -3.41. The molecule has 0 aliphatic rings. The van der Waals surface area contributed by atoms with Crippen LogP contribution >= 0.6 is 11.8 Å². The summed E-state index contributed by atoms with van der Waals surface area (Å²) in [4.78, 5) is 19.9. The molecule has 0 aliphatic carbocycles. The van der Waals surface area contributed by atoms with Crippen molar-refractivity contribution in [2.24, 2.45) is 0 Å². The lowest BCUT2D eigenvalue weighted by Crippen LogP contribution is -2.10. The largest absolute Gasteiger partial charge is 0.461 e. The molecule has 0 amide bonds. The number of anilines is 1. The first-order chi connectivity index (χ1) is 13.2. The van der Waals surface area contributed by atoms with Gasteiger partial charge in [0.25, 0.3) is 0 Å². The van der Waals surface area contributed by atoms with Crippen LogP contribution in [0.1, 0.15) is 23.1 Å². The number of thioether (sulfide) groups is 1. The Kier molecular flexibility index (Phi) is 4.46. The molecule has 0 fully saturated rings. The maximum Gasteiger partial charge on any atom is 0.360 e. The summed E-state index contributed by atoms with van der Waals surface area (Å²) in [6.07, 6.45) is 0. The van der Waals surface area contributed by atoms with E-state index in [0.29, 0.717) is 16.6 Å². The SMILES string of the molecule is CCOC(=O)c1nnn(-c2nonc2N)c1CSc1nc2ccccc2[nH]1. The average Bonchev–Trinajstić information content (AvgIpc) is 3.37. The van der Waals surface area contributed by atoms with Crippen LogP contribution in [0.4, 0.5) is 5.82 Å². The number of carbonyl (C=O) groups is 1. The van der Waals surface area contributed by atoms with Crippen LogP contribution in [0.15, 0.2) is 34.1 Å². The van der Waals surface area contributed by atoms with Crippen LogP contribution in [-0.4, -0.2) is 47.9 Å². The number of carbonyl (C=O) groups excluding carboxylic acids is 1. The van der Waals surface area contributed by atoms with Crippen molar-refractivity contribution in [2.45, 2.75) is 17.8 Å². The Bertz CT molecular complexity index is 1070. The number of nitrogens with zero attached hydrogens (tertiary/aromatic N) is 6. The fourth-order valence-corrected chi connectivity index (χ4v) is 3.31. The smallest absolute Gasteiger partial charge is 0.360 e. The minimum Gasteiger partial charge on any atom is -0.461 e. The molecule has 0 saturated carbocycles. The van der Waals surface area contributed by atoms with Crippen molar-refractivity contribution in [3.05, 3.63) is 35.7 Å². The molecule has 4 aromatic rings. The number of nitrogen functional groups attached to an aromatic ring is 1. The Balaban J connectivity index is 1.67. The van der Waals surface area contributed by atoms with Crippen LogP contribution in [0.3, 0.4) is 0 Å². The number of aromatic nitrogens is 7. The van der Waals surface area contributed by atoms with E-state index in [-0.39, 0.29) is 23.9 Å². The Morgan fingerprint density at radius 1 is 1.37 bits per heavy atom. The quantitative estimate of drug-likeness (QED) is 0.369. The van der Waals surface area contributed by atoms with Crippen molar-refractivity contribution in [1.82, 2.24) is 35.3 Å². The monoisotopic (exact) mass is 386 g/mol. The van der Waals surface area contributed by atoms with E-state index in [1.165, 1.54) is 16.4 Å². The predicted octanol–water partition coefficient (Wildman–Crippen LogP) is 1.58. The second-order valence-electron chi connectivity index (χ2n) is 5.34. The lowest BCUT2D eigenvalue weighted by molar-refractivity contribution is 0.0518. The fraction of sp³-hybridized carbons (Fsp3) is 0.200. The molecule has 4 rings (SSSR count). The standard InChI is InChI=1S/C15H14N8O3S/c1-2-25-14(24)11-10(23(22-19-11)13-12(16)20-26-21-13)7-27-15-17-8-5-3-4-6-9(8)18-15/h3-6H,2,7H2,1H3,(H2,16,20)(H,17,18). The number of hydrogen-bond acceptors (Lipinski definition) is 10. The summed E-state index contributed by atoms with van der Waals surface area (Å²) in [5.41, 5.74) is 8.03. The van der Waals surface area contributed by atoms with E-state index in [1.54, 1.807) is 6.92 Å². The highest BCUT2D eigenvalue weighted by Gasteiger charge is 2.25. The highest BCUT2D eigenvalue weighted by Crippen LogP contribution is 2.26. The molecule has 0 atom stereocenters. The number of fused-ring (bicyclic) bond motifs is 1. The molecule has 0 saturated heterocycles. The number of ether oxygens (including phenoxy) is 1. The van der Waals surface area contributed by atoms with Gasteiger partial charge in [-0.3, -0.25) is 0 Å². The Morgan fingerprint density at radius 3 is 2.96 bits per heavy atom. The zero-order valence-electron chi connectivity index (χ0n) is 14.1. The van der Waals surface area contributed by atoms with Gasteiger partial charge in [0.1, 0.15) is 0 Å². The first-order valence-electron chi connectivity index (χ1n) is 7.95. The van der Waals surface area contributed by atoms with E-state index in [0.717, 1.165) is 11.0 Å². The van der Waals surface area contributed by atoms with Gasteiger partial charge in [0.2, 0.25) is 11.6 Å². The van der Waals surface area contributed by atoms with Gasteiger partial charge in [-0.25, -0.2) is 14.4 Å². The molecule has 0 unspecified atom stereocenters. The third-order valence-corrected chi connectivity index (χ3v) is 4.53. The second kappa shape index (κ2) is 7.07. The first kappa shape index (κ1) is 17.0. The van der Waals surface area contributed by atoms with Gasteiger partial charge in [-0.2, -0.15) is 4.68 Å². The van der Waals surface area contributed by atoms with Crippen LogP contribution in [-0.2, 0) is 10.5 Å². The van der Waals surface area contributed by atoms with Gasteiger partial charge < -0.3 is 15.5 Å². The highest BCUT2D eigenvalue weighted by molar-refractivity contribution is 7.98. The highest BCUT2D eigenvalue weighted by atomic mass is 32.2. The van der Waals surface area contributed by atoms with E-state index in [2.05, 4.69) is 35.2 Å². The topological polar surface area (TPSA) is 151 Å². The summed E-state index contributed by atoms with van der Waals surface area (Å²) in [7, 11) is 0. The molecular weight excluding hydrogens is 372 g/mol. The first-order valence-corrected chi connectivity index (χ1v) is 8.93. The Morgan fingerprint density at radius 2 is 2.22 bits per heavy atom. The molecule has 12 heteroatoms. The number of para-hydroxylation sites is 2. The molecule has 3 aromatic heterocycles. The van der Waals surface area contributed by atoms with E-state index in [4.69, 9.17) is 10.5 Å². The number of esters is 1. The van der Waals surface area contributed by atoms with Crippen molar-refractivity contribution in [2.75, 3.05) is 12.3 Å². The normalized spacial score (nSPS) is 11.1. The van der Waals surface area contributed by atoms with E-state index < -0.39 is 5.97 Å². The molecule has 11 nitrogen and oxygen atoms in total. The molecule has 0 radical (unpaired) electrons. The minimum absolute atomic E-state index is 0.0327. The number of benzene rings is 1. The van der Waals surface area contributed by atoms with Crippen molar-refractivity contribution >= 4 is 34.6 Å². The number of H-pyrrole nitrogens is 1. The van der Waals surface area contributed by atoms with Gasteiger partial charge in [-0.1, -0.05) is 29.1 Å². The van der Waals surface area contributed by atoms with Gasteiger partial charge in [-0.05, 0) is 29.4 Å². The summed E-state index contributed by atoms with van der Waals surface area (Å²) >= 11 is 1.38. The lowest BCUT2D eigenvalue weighted by Gasteiger charge is -2.04. The number of nitrogens with one attached hydrogen (secondary N) is 1. The van der Waals surface area contributed by atoms with E-state index in [1.807, 2.05) is 24.3 Å². The third kappa shape index (κ3) is 3.21. The summed E-state index contributed by atoms with van der Waals surface area (Å²) in [5, 5.41) is 15.8. The van der Waals surface area contributed by atoms with Crippen LogP contribution in [0.25, 0.3) is 16.9 Å². The van der Waals surface area contributed by atoms with Crippen LogP contribution in [0.2, 0.25) is 0 Å². The number of imidazole rings is 1. The summed E-state index contributed by atoms with van der Waals surface area (Å²) in [6, 6.07) is 7.68. The molecule has 1 aromatic carbocycles. The Labute approximate surface area is 156 Å². The zero-order chi connectivity index (χ0) is 18.8. The maximum atomic E-state index is 12.2. The van der Waals surface area contributed by atoms with Gasteiger partial charge in [-0.15, -0.1) is 5.10 Å². The molecule has 0 spiro atoms. The molecule has 27 heavy (non-hydrogen) atoms. The van der Waals surface area contributed by atoms with Crippen LogP contribution in [0, 0.1) is 0 Å². The van der Waals surface area contributed by atoms with Crippen molar-refractivity contribution in [3.63, 3.8) is 0 Å². The fourth-order valence-electron chi connectivity index (χ4n) is 2.43. The zero-order valence-corrected chi connectivity index (χ0v) is 14.9. The predicted molar refractivity (Wildman–Crippen MR) is 95.2 cm³/mol. The number of aromatic amines is 1. The average molecular weight is 386 g/mol. The summed E-state index contributed by atoms with van der Waals surface area (Å²) < 4.78 is 11.0. The van der Waals surface area contributed by atoms with Gasteiger partial charge >= 0.3 is 5.97 Å². The maximum absolute atomic E-state index is 12.2. The number of nitrogens with two attached hydrogens (primary N) is 1. The van der Waals surface area contributed by atoms with Crippen molar-refractivity contribution in [3.8, 4) is 5.82 Å². The van der Waals surface area contributed by atoms with Gasteiger partial charge in [0.05, 0.1) is 23.3 Å². The molecule has 0 bridgehead atoms. The number of hydrogen-bond donors (Lipinski definition) is 2. The molecule has 3 heterocycles. The summed E-state index contributed by atoms with van der Waals surface area (Å²) in [6.45, 7) is 1.93. The molecule has 3 N–H and O–H groups in total. The molecular formula is C15H14N8O3S. The van der Waals surface area contributed by atoms with Crippen molar-refractivity contribution in [1.29, 1.82) is 0 Å². The van der Waals surface area contributed by atoms with Crippen LogP contribution in [0.5, 0.6) is 0 Å². The van der Waals surface area contributed by atoms with Crippen LogP contribution < -0.4 is 5.73 Å². The molecule has 0 aliphatic heterocycles. The minimum atomic E-state index is -0.584. The van der Waals surface area contributed by atoms with E-state index >= 15 is 0 Å². The third-order valence-electron chi connectivity index (χ3n) is 3.64. The second-order valence-corrected chi connectivity index (χ2v) is 6.30. The van der Waals surface area contributed by atoms with Gasteiger partial charge in [0, 0.05) is 5.75 Å². The summed E-state index contributed by atoms with van der Waals surface area (Å²) in [5.74, 6) is -0.0877. The molecule has 138 valence electrons. The number of rotatable bonds is 6. The van der Waals surface area contributed by atoms with E-state index in [9.17, 15) is 4.79 Å².